The predicted molar refractivity (Wildman–Crippen MR) is 100 cm³/mol. The summed E-state index contributed by atoms with van der Waals surface area (Å²) < 4.78 is 32.1. The van der Waals surface area contributed by atoms with Crippen LogP contribution in [-0.4, -0.2) is 57.0 Å². The zero-order valence-corrected chi connectivity index (χ0v) is 16.9. The highest BCUT2D eigenvalue weighted by atomic mass is 19.1. The molecule has 3 N–H and O–H groups in total. The summed E-state index contributed by atoms with van der Waals surface area (Å²) >= 11 is 0. The van der Waals surface area contributed by atoms with E-state index in [1.807, 2.05) is 0 Å². The highest BCUT2D eigenvalue weighted by molar-refractivity contribution is 6.01. The summed E-state index contributed by atoms with van der Waals surface area (Å²) in [5, 5.41) is 31.9. The van der Waals surface area contributed by atoms with Crippen molar-refractivity contribution in [2.45, 2.75) is 63.6 Å². The first-order valence-corrected chi connectivity index (χ1v) is 10.2. The van der Waals surface area contributed by atoms with Crippen molar-refractivity contribution >= 4 is 11.6 Å². The molecule has 0 amide bonds. The average Bonchev–Trinajstić information content (AvgIpc) is 2.86. The van der Waals surface area contributed by atoms with Crippen LogP contribution in [0, 0.1) is 28.6 Å². The van der Waals surface area contributed by atoms with E-state index in [2.05, 4.69) is 0 Å². The molecular weight excluding hydrogens is 382 g/mol. The van der Waals surface area contributed by atoms with E-state index < -0.39 is 70.3 Å². The smallest absolute Gasteiger partial charge is 0.190 e. The second-order valence-corrected chi connectivity index (χ2v) is 9.84. The molecule has 0 radical (unpaired) electrons. The van der Waals surface area contributed by atoms with Gasteiger partial charge in [0.2, 0.25) is 0 Å². The van der Waals surface area contributed by atoms with Gasteiger partial charge in [-0.05, 0) is 55.7 Å². The predicted octanol–water partition coefficient (Wildman–Crippen LogP) is 1.84. The number of halogens is 2. The topological polar surface area (TPSA) is 94.8 Å². The molecule has 0 saturated heterocycles. The second-order valence-electron chi connectivity index (χ2n) is 9.84. The molecule has 5 nitrogen and oxygen atoms in total. The molecule has 0 heterocycles. The van der Waals surface area contributed by atoms with Gasteiger partial charge in [-0.1, -0.05) is 19.9 Å². The van der Waals surface area contributed by atoms with Crippen LogP contribution >= 0.6 is 0 Å². The molecule has 160 valence electrons. The highest BCUT2D eigenvalue weighted by Gasteiger charge is 2.76. The second kappa shape index (κ2) is 6.05. The molecule has 0 aliphatic heterocycles. The monoisotopic (exact) mass is 410 g/mol. The van der Waals surface area contributed by atoms with Crippen molar-refractivity contribution in [3.63, 3.8) is 0 Å². The molecule has 0 spiro atoms. The third-order valence-corrected chi connectivity index (χ3v) is 8.78. The van der Waals surface area contributed by atoms with Gasteiger partial charge >= 0.3 is 0 Å². The van der Waals surface area contributed by atoms with Crippen molar-refractivity contribution in [1.82, 2.24) is 0 Å². The minimum atomic E-state index is -2.24. The van der Waals surface area contributed by atoms with E-state index in [1.165, 1.54) is 19.1 Å². The Labute approximate surface area is 168 Å². The van der Waals surface area contributed by atoms with Gasteiger partial charge in [-0.3, -0.25) is 9.59 Å². The van der Waals surface area contributed by atoms with Gasteiger partial charge in [0.1, 0.15) is 18.4 Å². The van der Waals surface area contributed by atoms with Gasteiger partial charge in [0.15, 0.2) is 17.2 Å². The minimum Gasteiger partial charge on any atom is -0.390 e. The molecule has 4 aliphatic rings. The SMILES string of the molecule is C[C@@H]1C[C@H]2[C@@H]3CC(F)C4=CC(=O)C=C[C@]4(C)[C@@]3(F)[C@@H](O)C[C@]2(C)[C@@]1(O)C(=O)CO. The Hall–Kier alpha value is -1.44. The maximum absolute atomic E-state index is 16.9. The van der Waals surface area contributed by atoms with Crippen molar-refractivity contribution in [3.8, 4) is 0 Å². The molecule has 1 unspecified atom stereocenters. The molecule has 3 fully saturated rings. The maximum atomic E-state index is 16.9. The van der Waals surface area contributed by atoms with Crippen LogP contribution in [0.25, 0.3) is 0 Å². The van der Waals surface area contributed by atoms with Gasteiger partial charge in [-0.2, -0.15) is 0 Å². The van der Waals surface area contributed by atoms with Crippen LogP contribution in [0.1, 0.15) is 40.0 Å². The number of Topliss-reactive ketones (excluding diaryl/α,β-unsaturated/α-hetero) is 1. The van der Waals surface area contributed by atoms with Crippen LogP contribution in [0.4, 0.5) is 8.78 Å². The number of alkyl halides is 2. The summed E-state index contributed by atoms with van der Waals surface area (Å²) in [6.45, 7) is 3.96. The normalized spacial score (nSPS) is 53.7. The van der Waals surface area contributed by atoms with Crippen LogP contribution in [0.15, 0.2) is 23.8 Å². The Morgan fingerprint density at radius 1 is 1.28 bits per heavy atom. The largest absolute Gasteiger partial charge is 0.390 e. The van der Waals surface area contributed by atoms with Crippen molar-refractivity contribution in [3.05, 3.63) is 23.8 Å². The maximum Gasteiger partial charge on any atom is 0.190 e. The molecule has 9 atom stereocenters. The first-order chi connectivity index (χ1) is 13.4. The summed E-state index contributed by atoms with van der Waals surface area (Å²) in [4.78, 5) is 24.3. The lowest BCUT2D eigenvalue weighted by molar-refractivity contribution is -0.223. The number of hydrogen-bond acceptors (Lipinski definition) is 5. The molecule has 0 bridgehead atoms. The van der Waals surface area contributed by atoms with Gasteiger partial charge < -0.3 is 15.3 Å². The summed E-state index contributed by atoms with van der Waals surface area (Å²) in [5.41, 5.74) is -6.81. The lowest BCUT2D eigenvalue weighted by Crippen LogP contribution is -2.70. The number of fused-ring (bicyclic) bond motifs is 5. The minimum absolute atomic E-state index is 0.0409. The quantitative estimate of drug-likeness (QED) is 0.646. The van der Waals surface area contributed by atoms with Gasteiger partial charge in [0, 0.05) is 16.7 Å². The summed E-state index contributed by atoms with van der Waals surface area (Å²) in [6, 6.07) is 0. The lowest BCUT2D eigenvalue weighted by Gasteiger charge is -2.63. The molecule has 29 heavy (non-hydrogen) atoms. The Balaban J connectivity index is 1.87. The highest BCUT2D eigenvalue weighted by Crippen LogP contribution is 2.70. The van der Waals surface area contributed by atoms with Crippen LogP contribution in [-0.2, 0) is 9.59 Å². The Kier molecular flexibility index (Phi) is 4.34. The van der Waals surface area contributed by atoms with Crippen LogP contribution in [0.3, 0.4) is 0 Å². The molecule has 0 aromatic heterocycles. The van der Waals surface area contributed by atoms with Gasteiger partial charge in [0.05, 0.1) is 6.10 Å². The molecule has 4 rings (SSSR count). The van der Waals surface area contributed by atoms with Gasteiger partial charge in [-0.25, -0.2) is 8.78 Å². The fourth-order valence-electron chi connectivity index (χ4n) is 7.25. The molecular formula is C22H28F2O5. The first-order valence-electron chi connectivity index (χ1n) is 10.2. The number of carbonyl (C=O) groups excluding carboxylic acids is 2. The van der Waals surface area contributed by atoms with Crippen molar-refractivity contribution < 1.29 is 33.7 Å². The van der Waals surface area contributed by atoms with E-state index in [0.717, 1.165) is 6.08 Å². The zero-order chi connectivity index (χ0) is 21.6. The van der Waals surface area contributed by atoms with Gasteiger partial charge in [0.25, 0.3) is 0 Å². The Morgan fingerprint density at radius 2 is 1.93 bits per heavy atom. The van der Waals surface area contributed by atoms with Crippen LogP contribution in [0.5, 0.6) is 0 Å². The number of ketones is 2. The zero-order valence-electron chi connectivity index (χ0n) is 16.9. The van der Waals surface area contributed by atoms with Crippen molar-refractivity contribution in [2.24, 2.45) is 28.6 Å². The van der Waals surface area contributed by atoms with Crippen molar-refractivity contribution in [1.29, 1.82) is 0 Å². The average molecular weight is 410 g/mol. The molecule has 3 saturated carbocycles. The molecule has 0 aromatic carbocycles. The number of hydrogen-bond donors (Lipinski definition) is 3. The van der Waals surface area contributed by atoms with E-state index in [0.29, 0.717) is 0 Å². The van der Waals surface area contributed by atoms with Crippen LogP contribution in [0.2, 0.25) is 0 Å². The van der Waals surface area contributed by atoms with E-state index in [-0.39, 0.29) is 24.8 Å². The molecule has 4 aliphatic carbocycles. The lowest BCUT2D eigenvalue weighted by atomic mass is 9.44. The Morgan fingerprint density at radius 3 is 2.55 bits per heavy atom. The third kappa shape index (κ3) is 2.19. The first kappa shape index (κ1) is 20.8. The number of carbonyl (C=O) groups is 2. The third-order valence-electron chi connectivity index (χ3n) is 8.78. The Bertz CT molecular complexity index is 839. The fourth-order valence-corrected chi connectivity index (χ4v) is 7.25. The van der Waals surface area contributed by atoms with E-state index in [1.54, 1.807) is 13.8 Å². The van der Waals surface area contributed by atoms with E-state index in [9.17, 15) is 24.9 Å². The summed E-state index contributed by atoms with van der Waals surface area (Å²) in [7, 11) is 0. The fraction of sp³-hybridized carbons (Fsp3) is 0.727. The number of allylic oxidation sites excluding steroid dienone is 4. The number of rotatable bonds is 2. The standard InChI is InChI=1S/C22H28F2O5/c1-11-6-13-14-8-16(23)15-7-12(26)4-5-19(15,2)21(14,24)17(27)9-20(13,3)22(11,29)18(28)10-25/h4-5,7,11,13-14,16-17,25,27,29H,6,8-10H2,1-3H3/t11-,13+,14+,16?,17+,19+,20+,21+,22+/m1/s1. The van der Waals surface area contributed by atoms with E-state index in [4.69, 9.17) is 0 Å². The summed E-state index contributed by atoms with van der Waals surface area (Å²) in [5.74, 6) is -3.24. The van der Waals surface area contributed by atoms with Crippen molar-refractivity contribution in [2.75, 3.05) is 6.61 Å². The van der Waals surface area contributed by atoms with E-state index >= 15 is 8.78 Å². The summed E-state index contributed by atoms with van der Waals surface area (Å²) in [6.07, 6.45) is 0.427. The number of aliphatic hydroxyl groups is 3. The van der Waals surface area contributed by atoms with Crippen LogP contribution < -0.4 is 0 Å². The molecule has 7 heteroatoms. The van der Waals surface area contributed by atoms with Gasteiger partial charge in [-0.15, -0.1) is 0 Å². The number of aliphatic hydroxyl groups excluding tert-OH is 2. The molecule has 0 aromatic rings.